The van der Waals surface area contributed by atoms with Crippen molar-refractivity contribution in [3.8, 4) is 0 Å². The summed E-state index contributed by atoms with van der Waals surface area (Å²) in [5, 5.41) is 5.79. The molecule has 0 aliphatic carbocycles. The molecule has 0 bridgehead atoms. The average Bonchev–Trinajstić information content (AvgIpc) is 2.80. The van der Waals surface area contributed by atoms with Gasteiger partial charge in [-0.2, -0.15) is 0 Å². The highest BCUT2D eigenvalue weighted by Crippen LogP contribution is 2.20. The molecule has 1 aromatic heterocycles. The molecule has 0 unspecified atom stereocenters. The summed E-state index contributed by atoms with van der Waals surface area (Å²) in [4.78, 5) is 5.17. The fourth-order valence-electron chi connectivity index (χ4n) is 1.55. The molecule has 2 rings (SSSR count). The van der Waals surface area contributed by atoms with Gasteiger partial charge in [0.05, 0.1) is 10.6 Å². The molecule has 0 saturated carbocycles. The number of nitrogens with zero attached hydrogens (tertiary/aromatic N) is 1. The van der Waals surface area contributed by atoms with E-state index in [2.05, 4.69) is 5.16 Å². The van der Waals surface area contributed by atoms with Crippen LogP contribution >= 0.6 is 22.9 Å². The zero-order valence-electron chi connectivity index (χ0n) is 10.8. The van der Waals surface area contributed by atoms with E-state index in [1.807, 2.05) is 30.5 Å². The molecule has 0 amide bonds. The summed E-state index contributed by atoms with van der Waals surface area (Å²) in [6.45, 7) is 2.26. The Morgan fingerprint density at radius 3 is 3.00 bits per heavy atom. The first-order chi connectivity index (χ1) is 9.63. The highest BCUT2D eigenvalue weighted by molar-refractivity contribution is 7.14. The van der Waals surface area contributed by atoms with Gasteiger partial charge in [0.25, 0.3) is 0 Å². The van der Waals surface area contributed by atoms with Crippen molar-refractivity contribution in [3.63, 3.8) is 0 Å². The first-order valence-corrected chi connectivity index (χ1v) is 7.21. The maximum absolute atomic E-state index is 13.0. The van der Waals surface area contributed by atoms with Crippen molar-refractivity contribution in [2.75, 3.05) is 0 Å². The zero-order chi connectivity index (χ0) is 14.4. The Kier molecular flexibility index (Phi) is 5.32. The van der Waals surface area contributed by atoms with E-state index in [9.17, 15) is 4.39 Å². The fourth-order valence-corrected chi connectivity index (χ4v) is 2.44. The van der Waals surface area contributed by atoms with Crippen molar-refractivity contribution in [1.82, 2.24) is 0 Å². The fraction of sp³-hybridized carbons (Fsp3) is 0.133. The summed E-state index contributed by atoms with van der Waals surface area (Å²) in [5.74, 6) is -0.255. The number of thiophene rings is 1. The highest BCUT2D eigenvalue weighted by Gasteiger charge is 1.97. The van der Waals surface area contributed by atoms with Crippen molar-refractivity contribution < 1.29 is 9.23 Å². The lowest BCUT2D eigenvalue weighted by Gasteiger charge is -1.97. The number of benzene rings is 1. The molecular formula is C15H13ClFNOS. The van der Waals surface area contributed by atoms with Crippen LogP contribution in [0.5, 0.6) is 0 Å². The van der Waals surface area contributed by atoms with Crippen LogP contribution in [0.1, 0.15) is 18.1 Å². The van der Waals surface area contributed by atoms with Crippen LogP contribution < -0.4 is 0 Å². The van der Waals surface area contributed by atoms with Crippen LogP contribution in [0.15, 0.2) is 46.4 Å². The number of hydrogen-bond acceptors (Lipinski definition) is 3. The molecule has 104 valence electrons. The molecule has 1 heterocycles. The molecule has 0 N–H and O–H groups in total. The van der Waals surface area contributed by atoms with Crippen molar-refractivity contribution in [2.45, 2.75) is 13.5 Å². The van der Waals surface area contributed by atoms with Gasteiger partial charge < -0.3 is 4.84 Å². The summed E-state index contributed by atoms with van der Waals surface area (Å²) in [5.41, 5.74) is 2.65. The second-order valence-corrected chi connectivity index (χ2v) is 5.75. The third kappa shape index (κ3) is 4.79. The minimum atomic E-state index is -0.255. The summed E-state index contributed by atoms with van der Waals surface area (Å²) >= 11 is 7.27. The van der Waals surface area contributed by atoms with Gasteiger partial charge in [0, 0.05) is 5.56 Å². The molecule has 1 aromatic carbocycles. The molecule has 0 aliphatic heterocycles. The molecule has 20 heavy (non-hydrogen) atoms. The number of oxime groups is 1. The van der Waals surface area contributed by atoms with E-state index in [4.69, 9.17) is 16.4 Å². The number of allylic oxidation sites excluding steroid dienone is 1. The van der Waals surface area contributed by atoms with E-state index >= 15 is 0 Å². The SMILES string of the molecule is CC(=C/c1cccc(F)c1)/C=N/OCc1csc(Cl)c1. The van der Waals surface area contributed by atoms with E-state index in [0.717, 1.165) is 21.0 Å². The molecule has 2 aromatic rings. The summed E-state index contributed by atoms with van der Waals surface area (Å²) < 4.78 is 13.7. The molecule has 0 atom stereocenters. The number of hydrogen-bond donors (Lipinski definition) is 0. The molecular weight excluding hydrogens is 297 g/mol. The van der Waals surface area contributed by atoms with Crippen LogP contribution in [0, 0.1) is 5.82 Å². The normalized spacial score (nSPS) is 12.1. The third-order valence-electron chi connectivity index (χ3n) is 2.43. The average molecular weight is 310 g/mol. The first-order valence-electron chi connectivity index (χ1n) is 5.95. The van der Waals surface area contributed by atoms with Gasteiger partial charge in [-0.05, 0) is 41.6 Å². The van der Waals surface area contributed by atoms with E-state index in [1.54, 1.807) is 12.3 Å². The summed E-state index contributed by atoms with van der Waals surface area (Å²) in [7, 11) is 0. The monoisotopic (exact) mass is 309 g/mol. The predicted octanol–water partition coefficient (Wildman–Crippen LogP) is 5.15. The third-order valence-corrected chi connectivity index (χ3v) is 3.57. The smallest absolute Gasteiger partial charge is 0.143 e. The van der Waals surface area contributed by atoms with Gasteiger partial charge in [-0.15, -0.1) is 11.3 Å². The quantitative estimate of drug-likeness (QED) is 0.553. The lowest BCUT2D eigenvalue weighted by molar-refractivity contribution is 0.132. The first kappa shape index (κ1) is 14.8. The lowest BCUT2D eigenvalue weighted by Crippen LogP contribution is -1.86. The van der Waals surface area contributed by atoms with E-state index in [-0.39, 0.29) is 5.82 Å². The van der Waals surface area contributed by atoms with Gasteiger partial charge in [0.1, 0.15) is 12.4 Å². The molecule has 0 radical (unpaired) electrons. The van der Waals surface area contributed by atoms with E-state index < -0.39 is 0 Å². The van der Waals surface area contributed by atoms with Gasteiger partial charge in [-0.3, -0.25) is 0 Å². The zero-order valence-corrected chi connectivity index (χ0v) is 12.4. The molecule has 0 aliphatic rings. The van der Waals surface area contributed by atoms with Crippen molar-refractivity contribution in [3.05, 3.63) is 62.6 Å². The van der Waals surface area contributed by atoms with Gasteiger partial charge >= 0.3 is 0 Å². The van der Waals surface area contributed by atoms with Crippen LogP contribution in [0.2, 0.25) is 4.34 Å². The summed E-state index contributed by atoms with van der Waals surface area (Å²) in [6, 6.07) is 8.22. The van der Waals surface area contributed by atoms with Crippen molar-refractivity contribution in [2.24, 2.45) is 5.16 Å². The molecule has 5 heteroatoms. The Morgan fingerprint density at radius 1 is 1.45 bits per heavy atom. The van der Waals surface area contributed by atoms with E-state index in [1.165, 1.54) is 23.5 Å². The Labute approximate surface area is 126 Å². The minimum absolute atomic E-state index is 0.255. The van der Waals surface area contributed by atoms with Gasteiger partial charge in [-0.25, -0.2) is 4.39 Å². The van der Waals surface area contributed by atoms with Crippen molar-refractivity contribution >= 4 is 35.2 Å². The van der Waals surface area contributed by atoms with Gasteiger partial charge in [-0.1, -0.05) is 35.0 Å². The second kappa shape index (κ2) is 7.22. The number of rotatable bonds is 5. The van der Waals surface area contributed by atoms with Crippen LogP contribution in [-0.4, -0.2) is 6.21 Å². The van der Waals surface area contributed by atoms with E-state index in [0.29, 0.717) is 6.61 Å². The predicted molar refractivity (Wildman–Crippen MR) is 82.7 cm³/mol. The standard InChI is InChI=1S/C15H13ClFNOS/c1-11(5-12-3-2-4-14(17)6-12)8-18-19-9-13-7-15(16)20-10-13/h2-8,10H,9H2,1H3/b11-5-,18-8+. The molecule has 2 nitrogen and oxygen atoms in total. The molecule has 0 fully saturated rings. The maximum atomic E-state index is 13.0. The van der Waals surface area contributed by atoms with Crippen LogP contribution in [0.4, 0.5) is 4.39 Å². The van der Waals surface area contributed by atoms with Crippen molar-refractivity contribution in [1.29, 1.82) is 0 Å². The Bertz CT molecular complexity index is 636. The minimum Gasteiger partial charge on any atom is -0.391 e. The largest absolute Gasteiger partial charge is 0.391 e. The molecule has 0 saturated heterocycles. The van der Waals surface area contributed by atoms with Gasteiger partial charge in [0.2, 0.25) is 0 Å². The lowest BCUT2D eigenvalue weighted by atomic mass is 10.1. The Morgan fingerprint density at radius 2 is 2.30 bits per heavy atom. The Balaban J connectivity index is 1.87. The topological polar surface area (TPSA) is 21.6 Å². The summed E-state index contributed by atoms with van der Waals surface area (Å²) in [6.07, 6.45) is 3.43. The molecule has 0 spiro atoms. The number of halogens is 2. The van der Waals surface area contributed by atoms with Crippen LogP contribution in [0.25, 0.3) is 6.08 Å². The van der Waals surface area contributed by atoms with Gasteiger partial charge in [0.15, 0.2) is 0 Å². The van der Waals surface area contributed by atoms with Crippen LogP contribution in [-0.2, 0) is 11.4 Å². The second-order valence-electron chi connectivity index (χ2n) is 4.21. The maximum Gasteiger partial charge on any atom is 0.143 e. The Hall–Kier alpha value is -1.65. The van der Waals surface area contributed by atoms with Crippen LogP contribution in [0.3, 0.4) is 0 Å². The highest BCUT2D eigenvalue weighted by atomic mass is 35.5.